The summed E-state index contributed by atoms with van der Waals surface area (Å²) in [6, 6.07) is 14.4. The van der Waals surface area contributed by atoms with E-state index >= 15 is 0 Å². The predicted octanol–water partition coefficient (Wildman–Crippen LogP) is 5.47. The van der Waals surface area contributed by atoms with Crippen molar-refractivity contribution in [2.24, 2.45) is 17.8 Å². The van der Waals surface area contributed by atoms with Crippen molar-refractivity contribution < 1.29 is 38.3 Å². The fourth-order valence-corrected chi connectivity index (χ4v) is 9.01. The molecule has 2 aromatic carbocycles. The maximum absolute atomic E-state index is 14.7. The second-order valence-corrected chi connectivity index (χ2v) is 19.6. The molecule has 6 rings (SSSR count). The van der Waals surface area contributed by atoms with Gasteiger partial charge in [-0.25, -0.2) is 9.48 Å². The standard InChI is InChI=1S/C50H69N9O8.CH4/c1-8-16-40(44(61)47(64)51-36-23-24-36)52-46(63)41-28-38(67-49(66)57-26-25-33-17-12-13-18-34(33)29-57)30-58(41)48(65)43(32(4)5)53-45(62)39(31(2)3)27-37(60)21-14-15-22-42-54-55-56-59(42)50(6,7)35-19-10-9-11-20-35;/h9-13,17-20,31-32,36,38-41,43H,8,14-16,21-30H2,1-7H3,(H,51,64)(H,52,63)(H,53,62);1H4/t38?,39-,40?,41-,43-;/m0./s1. The van der Waals surface area contributed by atoms with Gasteiger partial charge in [0.25, 0.3) is 5.91 Å². The van der Waals surface area contributed by atoms with Crippen LogP contribution in [0.4, 0.5) is 4.79 Å². The molecule has 0 bridgehead atoms. The number of aromatic nitrogens is 4. The molecule has 2 aliphatic heterocycles. The number of tetrazole rings is 1. The lowest BCUT2D eigenvalue weighted by Gasteiger charge is -2.32. The Labute approximate surface area is 401 Å². The molecule has 17 heteroatoms. The summed E-state index contributed by atoms with van der Waals surface area (Å²) in [6.07, 6.45) is 3.45. The molecule has 5 atom stereocenters. The fourth-order valence-electron chi connectivity index (χ4n) is 9.01. The van der Waals surface area contributed by atoms with Gasteiger partial charge in [0.05, 0.1) is 18.1 Å². The lowest BCUT2D eigenvalue weighted by atomic mass is 9.88. The van der Waals surface area contributed by atoms with E-state index in [0.717, 1.165) is 29.5 Å². The van der Waals surface area contributed by atoms with Crippen molar-refractivity contribution in [3.8, 4) is 0 Å². The van der Waals surface area contributed by atoms with Crippen LogP contribution in [0.1, 0.15) is 136 Å². The molecule has 17 nitrogen and oxygen atoms in total. The molecule has 3 N–H and O–H groups in total. The largest absolute Gasteiger partial charge is 0.444 e. The first kappa shape index (κ1) is 53.0. The van der Waals surface area contributed by atoms with Crippen molar-refractivity contribution >= 4 is 41.3 Å². The molecule has 2 unspecified atom stereocenters. The van der Waals surface area contributed by atoms with Gasteiger partial charge in [0.15, 0.2) is 5.82 Å². The number of hydrogen-bond donors (Lipinski definition) is 3. The van der Waals surface area contributed by atoms with E-state index in [2.05, 4.69) is 45.3 Å². The number of benzene rings is 2. The summed E-state index contributed by atoms with van der Waals surface area (Å²) < 4.78 is 7.81. The van der Waals surface area contributed by atoms with Crippen LogP contribution in [0.25, 0.3) is 0 Å². The Morgan fingerprint density at radius 2 is 1.57 bits per heavy atom. The van der Waals surface area contributed by atoms with E-state index in [0.29, 0.717) is 51.0 Å². The van der Waals surface area contributed by atoms with Gasteiger partial charge in [-0.05, 0) is 91.3 Å². The summed E-state index contributed by atoms with van der Waals surface area (Å²) in [6.45, 7) is 13.9. The Hall–Kier alpha value is -6.00. The zero-order valence-electron chi connectivity index (χ0n) is 40.2. The number of carbonyl (C=O) groups excluding carboxylic acids is 7. The molecule has 3 heterocycles. The molecule has 3 aliphatic rings. The molecule has 0 radical (unpaired) electrons. The Morgan fingerprint density at radius 1 is 0.882 bits per heavy atom. The van der Waals surface area contributed by atoms with E-state index in [1.54, 1.807) is 18.7 Å². The molecule has 370 valence electrons. The highest BCUT2D eigenvalue weighted by Crippen LogP contribution is 2.29. The van der Waals surface area contributed by atoms with Crippen LogP contribution in [0.15, 0.2) is 54.6 Å². The lowest BCUT2D eigenvalue weighted by Crippen LogP contribution is -2.58. The molecule has 2 fully saturated rings. The number of carbonyl (C=O) groups is 7. The van der Waals surface area contributed by atoms with Gasteiger partial charge in [0, 0.05) is 50.7 Å². The molecule has 68 heavy (non-hydrogen) atoms. The monoisotopic (exact) mass is 940 g/mol. The number of aryl methyl sites for hydroxylation is 1. The van der Waals surface area contributed by atoms with Gasteiger partial charge >= 0.3 is 6.09 Å². The molecule has 3 aromatic rings. The molecule has 5 amide bonds. The van der Waals surface area contributed by atoms with Crippen LogP contribution in [0.5, 0.6) is 0 Å². The predicted molar refractivity (Wildman–Crippen MR) is 256 cm³/mol. The number of Topliss-reactive ketones (excluding diaryl/α,β-unsaturated/α-hetero) is 2. The van der Waals surface area contributed by atoms with Crippen LogP contribution >= 0.6 is 0 Å². The zero-order valence-corrected chi connectivity index (χ0v) is 40.2. The quantitative estimate of drug-likeness (QED) is 0.0848. The summed E-state index contributed by atoms with van der Waals surface area (Å²) in [5.74, 6) is -4.00. The number of fused-ring (bicyclic) bond motifs is 1. The Bertz CT molecular complexity index is 2240. The molecular weight excluding hydrogens is 867 g/mol. The summed E-state index contributed by atoms with van der Waals surface area (Å²) in [4.78, 5) is 99.1. The van der Waals surface area contributed by atoms with Crippen LogP contribution in [0.3, 0.4) is 0 Å². The number of ketones is 2. The van der Waals surface area contributed by atoms with Crippen molar-refractivity contribution in [1.82, 2.24) is 46.0 Å². The fraction of sp³-hybridized carbons (Fsp3) is 0.608. The number of nitrogens with zero attached hydrogens (tertiary/aromatic N) is 6. The number of unbranched alkanes of at least 4 members (excludes halogenated alkanes) is 1. The van der Waals surface area contributed by atoms with Crippen molar-refractivity contribution in [2.45, 2.75) is 169 Å². The van der Waals surface area contributed by atoms with Crippen LogP contribution in [-0.4, -0.2) is 115 Å². The zero-order chi connectivity index (χ0) is 48.4. The summed E-state index contributed by atoms with van der Waals surface area (Å²) in [5.41, 5.74) is 2.75. The molecule has 1 aliphatic carbocycles. The lowest BCUT2D eigenvalue weighted by molar-refractivity contribution is -0.144. The van der Waals surface area contributed by atoms with Crippen LogP contribution < -0.4 is 16.0 Å². The van der Waals surface area contributed by atoms with Gasteiger partial charge in [0.1, 0.15) is 24.0 Å². The van der Waals surface area contributed by atoms with E-state index in [-0.39, 0.29) is 57.4 Å². The average molecular weight is 940 g/mol. The normalized spacial score (nSPS) is 18.2. The van der Waals surface area contributed by atoms with Crippen molar-refractivity contribution in [1.29, 1.82) is 0 Å². The minimum absolute atomic E-state index is 0. The van der Waals surface area contributed by atoms with Crippen LogP contribution in [-0.2, 0) is 58.4 Å². The van der Waals surface area contributed by atoms with Crippen molar-refractivity contribution in [2.75, 3.05) is 13.1 Å². The Kier molecular flexibility index (Phi) is 18.6. The van der Waals surface area contributed by atoms with E-state index in [1.807, 2.05) is 80.1 Å². The average Bonchev–Trinajstić information content (AvgIpc) is 3.81. The van der Waals surface area contributed by atoms with Gasteiger partial charge < -0.3 is 30.5 Å². The number of rotatable bonds is 22. The minimum Gasteiger partial charge on any atom is -0.444 e. The number of ether oxygens (including phenoxy) is 1. The molecule has 1 aromatic heterocycles. The van der Waals surface area contributed by atoms with E-state index < -0.39 is 77.1 Å². The Balaban J connectivity index is 0.00000864. The first-order chi connectivity index (χ1) is 32.0. The van der Waals surface area contributed by atoms with E-state index in [1.165, 1.54) is 4.90 Å². The van der Waals surface area contributed by atoms with Crippen molar-refractivity contribution in [3.05, 3.63) is 77.1 Å². The first-order valence-corrected chi connectivity index (χ1v) is 24.1. The summed E-state index contributed by atoms with van der Waals surface area (Å²) >= 11 is 0. The van der Waals surface area contributed by atoms with Crippen LogP contribution in [0, 0.1) is 17.8 Å². The topological polar surface area (TPSA) is 215 Å². The minimum atomic E-state index is -1.18. The SMILES string of the molecule is C.CCCC(NC(=O)[C@@H]1CC(OC(=O)N2CCc3ccccc3C2)CN1C(=O)[C@@H](NC(=O)[C@@H](CC(=O)CCCCc1nnnn1C(C)(C)c1ccccc1)C(C)C)C(C)C)C(=O)C(=O)NC1CC1. The number of amides is 5. The smallest absolute Gasteiger partial charge is 0.410 e. The highest BCUT2D eigenvalue weighted by molar-refractivity contribution is 6.38. The third-order valence-corrected chi connectivity index (χ3v) is 13.3. The molecule has 1 saturated carbocycles. The van der Waals surface area contributed by atoms with Gasteiger partial charge in [-0.1, -0.05) is 103 Å². The highest BCUT2D eigenvalue weighted by atomic mass is 16.6. The van der Waals surface area contributed by atoms with Gasteiger partial charge in [-0.15, -0.1) is 5.10 Å². The second-order valence-electron chi connectivity index (χ2n) is 19.6. The number of hydrogen-bond acceptors (Lipinski definition) is 11. The highest BCUT2D eigenvalue weighted by Gasteiger charge is 2.46. The second kappa shape index (κ2) is 23.8. The number of nitrogens with one attached hydrogen (secondary N) is 3. The number of likely N-dealkylation sites (tertiary alicyclic amines) is 1. The summed E-state index contributed by atoms with van der Waals surface area (Å²) in [5, 5.41) is 20.8. The molecular formula is C51H73N9O8. The van der Waals surface area contributed by atoms with Crippen LogP contribution in [0.2, 0.25) is 0 Å². The third kappa shape index (κ3) is 13.4. The maximum atomic E-state index is 14.7. The van der Waals surface area contributed by atoms with Gasteiger partial charge in [-0.2, -0.15) is 0 Å². The van der Waals surface area contributed by atoms with E-state index in [4.69, 9.17) is 4.74 Å². The Morgan fingerprint density at radius 3 is 2.24 bits per heavy atom. The molecule has 1 saturated heterocycles. The van der Waals surface area contributed by atoms with Crippen molar-refractivity contribution in [3.63, 3.8) is 0 Å². The van der Waals surface area contributed by atoms with E-state index in [9.17, 15) is 33.6 Å². The third-order valence-electron chi connectivity index (χ3n) is 13.3. The van der Waals surface area contributed by atoms with Gasteiger partial charge in [-0.3, -0.25) is 28.8 Å². The van der Waals surface area contributed by atoms with Gasteiger partial charge in [0.2, 0.25) is 23.5 Å². The first-order valence-electron chi connectivity index (χ1n) is 24.1. The maximum Gasteiger partial charge on any atom is 0.410 e. The summed E-state index contributed by atoms with van der Waals surface area (Å²) in [7, 11) is 0. The molecule has 0 spiro atoms.